The molecular weight excluding hydrogens is 511 g/mol. The molecule has 1 aromatic heterocycles. The van der Waals surface area contributed by atoms with E-state index in [9.17, 15) is 19.1 Å². The average molecular weight is 543 g/mol. The van der Waals surface area contributed by atoms with Gasteiger partial charge in [-0.15, -0.1) is 0 Å². The number of carboxylic acids is 1. The lowest BCUT2D eigenvalue weighted by Crippen LogP contribution is -2.38. The third-order valence-electron chi connectivity index (χ3n) is 6.36. The molecule has 0 saturated heterocycles. The summed E-state index contributed by atoms with van der Waals surface area (Å²) in [5.74, 6) is 0.253. The molecule has 0 fully saturated rings. The summed E-state index contributed by atoms with van der Waals surface area (Å²) >= 11 is 0. The number of nitrogens with zero attached hydrogens (tertiary/aromatic N) is 1. The monoisotopic (exact) mass is 542 g/mol. The molecule has 0 amide bonds. The number of aliphatic carboxylic acids is 1. The maximum absolute atomic E-state index is 13.2. The van der Waals surface area contributed by atoms with Crippen LogP contribution in [0.15, 0.2) is 95.1 Å². The molecule has 2 N–H and O–H groups in total. The lowest BCUT2D eigenvalue weighted by molar-refractivity contribution is -0.139. The first-order chi connectivity index (χ1) is 19.3. The Bertz CT molecular complexity index is 1460. The molecular formula is C32H31FN2O5. The van der Waals surface area contributed by atoms with Crippen LogP contribution in [-0.4, -0.2) is 34.5 Å². The Labute approximate surface area is 232 Å². The summed E-state index contributed by atoms with van der Waals surface area (Å²) < 4.78 is 24.8. The first-order valence-corrected chi connectivity index (χ1v) is 13.1. The van der Waals surface area contributed by atoms with Gasteiger partial charge < -0.3 is 19.6 Å². The molecule has 0 spiro atoms. The number of aryl methyl sites for hydroxylation is 1. The van der Waals surface area contributed by atoms with Crippen LogP contribution in [0, 0.1) is 12.7 Å². The zero-order valence-electron chi connectivity index (χ0n) is 22.4. The van der Waals surface area contributed by atoms with Crippen LogP contribution in [0.5, 0.6) is 5.75 Å². The van der Waals surface area contributed by atoms with Crippen LogP contribution in [0.4, 0.5) is 4.39 Å². The number of aromatic nitrogens is 1. The first kappa shape index (κ1) is 28.3. The van der Waals surface area contributed by atoms with Gasteiger partial charge in [-0.05, 0) is 55.3 Å². The lowest BCUT2D eigenvalue weighted by Gasteiger charge is -2.18. The maximum Gasteiger partial charge on any atom is 0.326 e. The number of carbonyl (C=O) groups excluding carboxylic acids is 1. The van der Waals surface area contributed by atoms with Crippen molar-refractivity contribution in [2.24, 2.45) is 0 Å². The number of hydrogen-bond acceptors (Lipinski definition) is 6. The number of benzene rings is 3. The Balaban J connectivity index is 1.32. The van der Waals surface area contributed by atoms with Gasteiger partial charge in [0.25, 0.3) is 0 Å². The van der Waals surface area contributed by atoms with E-state index in [2.05, 4.69) is 10.3 Å². The van der Waals surface area contributed by atoms with Gasteiger partial charge in [0.1, 0.15) is 23.4 Å². The van der Waals surface area contributed by atoms with Crippen molar-refractivity contribution in [1.29, 1.82) is 0 Å². The highest BCUT2D eigenvalue weighted by Gasteiger charge is 2.19. The average Bonchev–Trinajstić information content (AvgIpc) is 3.33. The molecule has 0 unspecified atom stereocenters. The van der Waals surface area contributed by atoms with Gasteiger partial charge in [0.15, 0.2) is 5.78 Å². The molecule has 1 atom stereocenters. The Morgan fingerprint density at radius 3 is 2.40 bits per heavy atom. The summed E-state index contributed by atoms with van der Waals surface area (Å²) in [6.45, 7) is 4.06. The van der Waals surface area contributed by atoms with Crippen LogP contribution in [0.3, 0.4) is 0 Å². The minimum absolute atomic E-state index is 0.178. The van der Waals surface area contributed by atoms with Crippen molar-refractivity contribution in [2.45, 2.75) is 39.2 Å². The third kappa shape index (κ3) is 7.66. The smallest absolute Gasteiger partial charge is 0.326 e. The molecule has 0 saturated carbocycles. The normalized spacial score (nSPS) is 12.1. The molecule has 8 heteroatoms. The fraction of sp³-hybridized carbons (Fsp3) is 0.219. The van der Waals surface area contributed by atoms with Gasteiger partial charge >= 0.3 is 5.97 Å². The molecule has 0 aliphatic heterocycles. The van der Waals surface area contributed by atoms with Crippen molar-refractivity contribution in [2.75, 3.05) is 6.61 Å². The molecule has 40 heavy (non-hydrogen) atoms. The second kappa shape index (κ2) is 13.4. The topological polar surface area (TPSA) is 102 Å². The van der Waals surface area contributed by atoms with Gasteiger partial charge in [0, 0.05) is 35.7 Å². The summed E-state index contributed by atoms with van der Waals surface area (Å²) in [5, 5.41) is 12.8. The molecule has 206 valence electrons. The van der Waals surface area contributed by atoms with Gasteiger partial charge in [-0.1, -0.05) is 49.4 Å². The summed E-state index contributed by atoms with van der Waals surface area (Å²) in [4.78, 5) is 29.0. The second-order valence-corrected chi connectivity index (χ2v) is 9.26. The van der Waals surface area contributed by atoms with Crippen molar-refractivity contribution in [3.05, 3.63) is 119 Å². The Kier molecular flexibility index (Phi) is 9.46. The largest absolute Gasteiger partial charge is 0.493 e. The van der Waals surface area contributed by atoms with Crippen LogP contribution in [0.25, 0.3) is 11.5 Å². The highest BCUT2D eigenvalue weighted by molar-refractivity contribution is 6.04. The van der Waals surface area contributed by atoms with Gasteiger partial charge in [-0.3, -0.25) is 4.79 Å². The minimum Gasteiger partial charge on any atom is -0.493 e. The van der Waals surface area contributed by atoms with Crippen LogP contribution in [0.1, 0.15) is 40.7 Å². The van der Waals surface area contributed by atoms with E-state index in [0.29, 0.717) is 53.7 Å². The fourth-order valence-electron chi connectivity index (χ4n) is 4.11. The lowest BCUT2D eigenvalue weighted by atomic mass is 10.0. The highest BCUT2D eigenvalue weighted by atomic mass is 19.1. The predicted molar refractivity (Wildman–Crippen MR) is 150 cm³/mol. The third-order valence-corrected chi connectivity index (χ3v) is 6.36. The van der Waals surface area contributed by atoms with Crippen LogP contribution < -0.4 is 10.1 Å². The number of nitrogens with one attached hydrogen (secondary N) is 1. The maximum atomic E-state index is 13.2. The van der Waals surface area contributed by atoms with Crippen molar-refractivity contribution in [3.63, 3.8) is 0 Å². The van der Waals surface area contributed by atoms with E-state index in [1.165, 1.54) is 18.2 Å². The van der Waals surface area contributed by atoms with Gasteiger partial charge in [0.05, 0.1) is 12.3 Å². The van der Waals surface area contributed by atoms with Gasteiger partial charge in [-0.25, -0.2) is 14.2 Å². The van der Waals surface area contributed by atoms with Crippen LogP contribution in [0.2, 0.25) is 0 Å². The Morgan fingerprint density at radius 2 is 1.75 bits per heavy atom. The number of oxazole rings is 1. The van der Waals surface area contributed by atoms with E-state index >= 15 is 0 Å². The number of allylic oxidation sites excluding steroid dienone is 2. The van der Waals surface area contributed by atoms with Crippen molar-refractivity contribution >= 4 is 11.8 Å². The zero-order valence-corrected chi connectivity index (χ0v) is 22.4. The summed E-state index contributed by atoms with van der Waals surface area (Å²) in [5.41, 5.74) is 3.38. The quantitative estimate of drug-likeness (QED) is 0.154. The number of hydrogen-bond donors (Lipinski definition) is 2. The summed E-state index contributed by atoms with van der Waals surface area (Å²) in [7, 11) is 0. The Morgan fingerprint density at radius 1 is 1.05 bits per heavy atom. The van der Waals surface area contributed by atoms with Crippen LogP contribution in [-0.2, 0) is 17.6 Å². The second-order valence-electron chi connectivity index (χ2n) is 9.26. The van der Waals surface area contributed by atoms with Crippen LogP contribution >= 0.6 is 0 Å². The number of ketones is 1. The highest BCUT2D eigenvalue weighted by Crippen LogP contribution is 2.23. The molecule has 0 radical (unpaired) electrons. The zero-order chi connectivity index (χ0) is 28.5. The number of ether oxygens (including phenoxy) is 1. The van der Waals surface area contributed by atoms with Gasteiger partial charge in [-0.2, -0.15) is 0 Å². The number of halogens is 1. The summed E-state index contributed by atoms with van der Waals surface area (Å²) in [6, 6.07) is 21.2. The Hall–Kier alpha value is -4.72. The fourth-order valence-corrected chi connectivity index (χ4v) is 4.11. The molecule has 0 aliphatic rings. The van der Waals surface area contributed by atoms with E-state index < -0.39 is 12.0 Å². The molecule has 1 heterocycles. The minimum atomic E-state index is -1.00. The van der Waals surface area contributed by atoms with Crippen molar-refractivity contribution < 1.29 is 28.2 Å². The molecule has 0 aliphatic carbocycles. The molecule has 0 bridgehead atoms. The van der Waals surface area contributed by atoms with E-state index in [-0.39, 0.29) is 18.0 Å². The van der Waals surface area contributed by atoms with Crippen molar-refractivity contribution in [3.8, 4) is 17.2 Å². The number of carboxylic acid groups (broad SMARTS) is 1. The van der Waals surface area contributed by atoms with E-state index in [1.54, 1.807) is 48.5 Å². The van der Waals surface area contributed by atoms with E-state index in [1.807, 2.05) is 32.0 Å². The summed E-state index contributed by atoms with van der Waals surface area (Å²) in [6.07, 6.45) is 2.71. The predicted octanol–water partition coefficient (Wildman–Crippen LogP) is 6.17. The van der Waals surface area contributed by atoms with E-state index in [4.69, 9.17) is 9.15 Å². The first-order valence-electron chi connectivity index (χ1n) is 13.1. The van der Waals surface area contributed by atoms with Crippen molar-refractivity contribution in [1.82, 2.24) is 10.3 Å². The molecule has 7 nitrogen and oxygen atoms in total. The molecule has 4 aromatic rings. The standard InChI is InChI=1S/C32H31FN2O5/c1-3-26(20-30(36)23-7-5-4-6-8-23)34-29(32(37)38)19-22-9-15-27(16-10-22)39-18-17-28-21(2)40-31(35-28)24-11-13-25(33)14-12-24/h4-16,20,29,34H,3,17-19H2,1-2H3,(H,37,38)/b26-20+/t29-/m0/s1. The number of rotatable bonds is 13. The SMILES string of the molecule is CC/C(=C\C(=O)c1ccccc1)N[C@@H](Cc1ccc(OCCc2nc(-c3ccc(F)cc3)oc2C)cc1)C(=O)O. The number of carbonyl (C=O) groups is 2. The van der Waals surface area contributed by atoms with E-state index in [0.717, 1.165) is 11.3 Å². The van der Waals surface area contributed by atoms with Gasteiger partial charge in [0.2, 0.25) is 5.89 Å². The molecule has 3 aromatic carbocycles. The molecule has 4 rings (SSSR count).